The maximum absolute atomic E-state index is 2.34. The summed E-state index contributed by atoms with van der Waals surface area (Å²) in [5.41, 5.74) is 3.08. The van der Waals surface area contributed by atoms with Crippen molar-refractivity contribution < 1.29 is 0 Å². The van der Waals surface area contributed by atoms with Gasteiger partial charge in [0.15, 0.2) is 0 Å². The Hall–Kier alpha value is -1.30. The van der Waals surface area contributed by atoms with Gasteiger partial charge >= 0.3 is 0 Å². The van der Waals surface area contributed by atoms with E-state index in [9.17, 15) is 0 Å². The van der Waals surface area contributed by atoms with Crippen LogP contribution < -0.4 is 0 Å². The fourth-order valence-electron chi connectivity index (χ4n) is 2.37. The van der Waals surface area contributed by atoms with Crippen LogP contribution in [0.4, 0.5) is 0 Å². The predicted octanol–water partition coefficient (Wildman–Crippen LogP) is 5.07. The first-order valence-corrected chi connectivity index (χ1v) is 6.83. The van der Waals surface area contributed by atoms with Crippen molar-refractivity contribution in [2.24, 2.45) is 0 Å². The van der Waals surface area contributed by atoms with Crippen molar-refractivity contribution in [3.63, 3.8) is 0 Å². The first kappa shape index (κ1) is 12.2. The van der Waals surface area contributed by atoms with Crippen LogP contribution in [0.5, 0.6) is 0 Å². The fraction of sp³-hybridized carbons (Fsp3) is 0.412. The first-order chi connectivity index (χ1) is 8.45. The molecule has 0 spiro atoms. The Labute approximate surface area is 105 Å². The zero-order valence-corrected chi connectivity index (χ0v) is 10.6. The lowest BCUT2D eigenvalue weighted by atomic mass is 9.94. The maximum Gasteiger partial charge on any atom is -0.0244 e. The number of aryl methyl sites for hydroxylation is 1. The van der Waals surface area contributed by atoms with Gasteiger partial charge in [0.05, 0.1) is 0 Å². The normalized spacial score (nSPS) is 16.4. The van der Waals surface area contributed by atoms with Crippen LogP contribution in [-0.2, 0) is 6.42 Å². The summed E-state index contributed by atoms with van der Waals surface area (Å²) in [6, 6.07) is 10.7. The Bertz CT molecular complexity index is 362. The molecule has 0 amide bonds. The molecule has 1 saturated carbocycles. The van der Waals surface area contributed by atoms with Gasteiger partial charge < -0.3 is 0 Å². The lowest BCUT2D eigenvalue weighted by molar-refractivity contribution is 0.599. The molecule has 1 aromatic rings. The summed E-state index contributed by atoms with van der Waals surface area (Å²) in [5, 5.41) is 0. The highest BCUT2D eigenvalue weighted by Crippen LogP contribution is 2.22. The van der Waals surface area contributed by atoms with E-state index in [1.165, 1.54) is 37.7 Å². The molecule has 0 saturated heterocycles. The summed E-state index contributed by atoms with van der Waals surface area (Å²) in [6.45, 7) is 0. The molecule has 0 radical (unpaired) electrons. The molecular formula is C17H22. The Morgan fingerprint density at radius 3 is 2.47 bits per heavy atom. The zero-order valence-electron chi connectivity index (χ0n) is 10.6. The standard InChI is InChI=1S/C17H22/c1-4-10-16(11-5-1)14-8-3-9-15-17-12-6-2-7-13-17/h1,3-5,9-11,15H,2,6-8,12-14H2/b9-3+. The van der Waals surface area contributed by atoms with Crippen molar-refractivity contribution in [2.45, 2.75) is 44.9 Å². The molecule has 0 aliphatic heterocycles. The lowest BCUT2D eigenvalue weighted by Crippen LogP contribution is -1.92. The van der Waals surface area contributed by atoms with E-state index in [0.717, 1.165) is 12.8 Å². The van der Waals surface area contributed by atoms with Gasteiger partial charge in [-0.3, -0.25) is 0 Å². The van der Waals surface area contributed by atoms with E-state index in [1.807, 2.05) is 0 Å². The molecule has 1 fully saturated rings. The van der Waals surface area contributed by atoms with Crippen molar-refractivity contribution in [1.82, 2.24) is 0 Å². The minimum absolute atomic E-state index is 1.15. The first-order valence-electron chi connectivity index (χ1n) is 6.83. The third-order valence-electron chi connectivity index (χ3n) is 3.41. The molecule has 2 rings (SSSR count). The van der Waals surface area contributed by atoms with Crippen LogP contribution in [0.25, 0.3) is 0 Å². The molecule has 0 heteroatoms. The average Bonchev–Trinajstić information content (AvgIpc) is 2.41. The van der Waals surface area contributed by atoms with Crippen LogP contribution in [0.3, 0.4) is 0 Å². The van der Waals surface area contributed by atoms with E-state index in [4.69, 9.17) is 0 Å². The number of rotatable bonds is 4. The Morgan fingerprint density at radius 2 is 1.71 bits per heavy atom. The lowest BCUT2D eigenvalue weighted by Gasteiger charge is -2.12. The van der Waals surface area contributed by atoms with Crippen LogP contribution in [0.2, 0.25) is 0 Å². The van der Waals surface area contributed by atoms with Gasteiger partial charge in [0.2, 0.25) is 0 Å². The molecule has 17 heavy (non-hydrogen) atoms. The van der Waals surface area contributed by atoms with Crippen molar-refractivity contribution in [1.29, 1.82) is 0 Å². The monoisotopic (exact) mass is 226 g/mol. The van der Waals surface area contributed by atoms with Gasteiger partial charge in [-0.05, 0) is 44.1 Å². The summed E-state index contributed by atoms with van der Waals surface area (Å²) in [5.74, 6) is 0. The van der Waals surface area contributed by atoms with Crippen LogP contribution in [-0.4, -0.2) is 0 Å². The van der Waals surface area contributed by atoms with E-state index >= 15 is 0 Å². The molecule has 1 aliphatic rings. The third-order valence-corrected chi connectivity index (χ3v) is 3.41. The molecule has 0 unspecified atom stereocenters. The van der Waals surface area contributed by atoms with E-state index < -0.39 is 0 Å². The molecule has 1 aromatic carbocycles. The molecule has 0 aromatic heterocycles. The highest BCUT2D eigenvalue weighted by atomic mass is 14.1. The summed E-state index contributed by atoms with van der Waals surface area (Å²) >= 11 is 0. The van der Waals surface area contributed by atoms with Gasteiger partial charge in [0, 0.05) is 0 Å². The molecule has 0 atom stereocenters. The number of hydrogen-bond acceptors (Lipinski definition) is 0. The summed E-state index contributed by atoms with van der Waals surface area (Å²) in [4.78, 5) is 0. The number of benzene rings is 1. The maximum atomic E-state index is 2.34. The van der Waals surface area contributed by atoms with Crippen molar-refractivity contribution >= 4 is 0 Å². The van der Waals surface area contributed by atoms with Crippen molar-refractivity contribution in [3.05, 3.63) is 59.7 Å². The van der Waals surface area contributed by atoms with Crippen LogP contribution >= 0.6 is 0 Å². The number of hydrogen-bond donors (Lipinski definition) is 0. The SMILES string of the molecule is C(/C=C/CCc1ccccc1)=C1CCCCC1. The molecule has 90 valence electrons. The number of allylic oxidation sites excluding steroid dienone is 4. The van der Waals surface area contributed by atoms with Gasteiger partial charge in [-0.1, -0.05) is 60.6 Å². The zero-order chi connectivity index (χ0) is 11.8. The fourth-order valence-corrected chi connectivity index (χ4v) is 2.37. The average molecular weight is 226 g/mol. The van der Waals surface area contributed by atoms with Gasteiger partial charge in [-0.25, -0.2) is 0 Å². The van der Waals surface area contributed by atoms with Crippen LogP contribution in [0.15, 0.2) is 54.1 Å². The second-order valence-corrected chi connectivity index (χ2v) is 4.84. The summed E-state index contributed by atoms with van der Waals surface area (Å²) in [6.07, 6.45) is 16.0. The molecule has 0 N–H and O–H groups in total. The smallest absolute Gasteiger partial charge is 0.0244 e. The quantitative estimate of drug-likeness (QED) is 0.672. The van der Waals surface area contributed by atoms with E-state index in [0.29, 0.717) is 0 Å². The van der Waals surface area contributed by atoms with Crippen LogP contribution in [0.1, 0.15) is 44.1 Å². The van der Waals surface area contributed by atoms with Crippen LogP contribution in [0, 0.1) is 0 Å². The predicted molar refractivity (Wildman–Crippen MR) is 75.1 cm³/mol. The molecule has 0 heterocycles. The van der Waals surface area contributed by atoms with Gasteiger partial charge in [-0.15, -0.1) is 0 Å². The Kier molecular flexibility index (Phi) is 5.09. The largest absolute Gasteiger partial charge is 0.0842 e. The van der Waals surface area contributed by atoms with Gasteiger partial charge in [0.25, 0.3) is 0 Å². The van der Waals surface area contributed by atoms with E-state index in [-0.39, 0.29) is 0 Å². The minimum Gasteiger partial charge on any atom is -0.0842 e. The van der Waals surface area contributed by atoms with Gasteiger partial charge in [-0.2, -0.15) is 0 Å². The third kappa shape index (κ3) is 4.60. The topological polar surface area (TPSA) is 0 Å². The molecule has 0 nitrogen and oxygen atoms in total. The van der Waals surface area contributed by atoms with Gasteiger partial charge in [0.1, 0.15) is 0 Å². The Balaban J connectivity index is 1.71. The van der Waals surface area contributed by atoms with Crippen molar-refractivity contribution in [2.75, 3.05) is 0 Å². The molecule has 1 aliphatic carbocycles. The summed E-state index contributed by atoms with van der Waals surface area (Å²) < 4.78 is 0. The summed E-state index contributed by atoms with van der Waals surface area (Å²) in [7, 11) is 0. The second-order valence-electron chi connectivity index (χ2n) is 4.84. The highest BCUT2D eigenvalue weighted by molar-refractivity contribution is 5.17. The molecule has 0 bridgehead atoms. The Morgan fingerprint density at radius 1 is 0.941 bits per heavy atom. The van der Waals surface area contributed by atoms with Crippen molar-refractivity contribution in [3.8, 4) is 0 Å². The second kappa shape index (κ2) is 7.11. The molecular weight excluding hydrogens is 204 g/mol. The van der Waals surface area contributed by atoms with E-state index in [1.54, 1.807) is 5.57 Å². The highest BCUT2D eigenvalue weighted by Gasteiger charge is 2.02. The minimum atomic E-state index is 1.15. The van der Waals surface area contributed by atoms with E-state index in [2.05, 4.69) is 48.6 Å².